The normalized spacial score (nSPS) is 48.7. The third-order valence-corrected chi connectivity index (χ3v) is 25.2. The summed E-state index contributed by atoms with van der Waals surface area (Å²) in [5.41, 5.74) is -4.56. The molecule has 8 saturated carbocycles. The highest BCUT2D eigenvalue weighted by atomic mass is 16.5. The Morgan fingerprint density at radius 1 is 0.895 bits per heavy atom. The molecule has 76 heavy (non-hydrogen) atoms. The van der Waals surface area contributed by atoms with Gasteiger partial charge in [0.05, 0.1) is 29.8 Å². The Hall–Kier alpha value is -3.84. The second kappa shape index (κ2) is 18.1. The Labute approximate surface area is 450 Å². The van der Waals surface area contributed by atoms with Crippen molar-refractivity contribution in [1.82, 2.24) is 5.32 Å². The number of nitrogens with one attached hydrogen (secondary N) is 1. The van der Waals surface area contributed by atoms with Gasteiger partial charge in [0.15, 0.2) is 0 Å². The third kappa shape index (κ3) is 6.62. The van der Waals surface area contributed by atoms with Gasteiger partial charge in [-0.15, -0.1) is 5.92 Å². The summed E-state index contributed by atoms with van der Waals surface area (Å²) in [5.74, 6) is 11.9. The fourth-order valence-corrected chi connectivity index (χ4v) is 22.4. The predicted octanol–water partition coefficient (Wildman–Crippen LogP) is 7.67. The van der Waals surface area contributed by atoms with E-state index in [1.807, 2.05) is 25.2 Å². The van der Waals surface area contributed by atoms with Gasteiger partial charge in [0.1, 0.15) is 23.6 Å². The number of aliphatic hydroxyl groups excluding tert-OH is 2. The van der Waals surface area contributed by atoms with Crippen LogP contribution < -0.4 is 5.32 Å². The molecule has 2 aliphatic heterocycles. The van der Waals surface area contributed by atoms with Gasteiger partial charge in [0.2, 0.25) is 0 Å². The van der Waals surface area contributed by atoms with Gasteiger partial charge in [0, 0.05) is 77.5 Å². The van der Waals surface area contributed by atoms with E-state index in [2.05, 4.69) is 66.3 Å². The van der Waals surface area contributed by atoms with Crippen molar-refractivity contribution in [3.8, 4) is 23.7 Å². The number of benzene rings is 2. The lowest BCUT2D eigenvalue weighted by Crippen LogP contribution is -2.88. The van der Waals surface area contributed by atoms with Gasteiger partial charge < -0.3 is 45.1 Å². The van der Waals surface area contributed by atoms with Crippen LogP contribution in [0.4, 0.5) is 0 Å². The van der Waals surface area contributed by atoms with E-state index in [4.69, 9.17) is 9.47 Å². The van der Waals surface area contributed by atoms with Crippen molar-refractivity contribution in [2.45, 2.75) is 177 Å². The second-order valence-corrected chi connectivity index (χ2v) is 27.5. The molecule has 10 nitrogen and oxygen atoms in total. The Morgan fingerprint density at radius 3 is 2.51 bits per heavy atom. The highest BCUT2D eigenvalue weighted by Gasteiger charge is 2.88. The first kappa shape index (κ1) is 50.4. The van der Waals surface area contributed by atoms with Crippen molar-refractivity contribution in [2.75, 3.05) is 13.7 Å². The fraction of sp³-hybridized carbons (Fsp3) is 0.697. The van der Waals surface area contributed by atoms with Gasteiger partial charge in [-0.3, -0.25) is 0 Å². The Morgan fingerprint density at radius 2 is 1.72 bits per heavy atom. The van der Waals surface area contributed by atoms with Crippen LogP contribution >= 0.6 is 0 Å². The molecule has 0 amide bonds. The van der Waals surface area contributed by atoms with Crippen molar-refractivity contribution >= 4 is 12.3 Å². The summed E-state index contributed by atoms with van der Waals surface area (Å²) in [5, 5.41) is 73.6. The molecule has 15 rings (SSSR count). The topological polar surface area (TPSA) is 166 Å². The van der Waals surface area contributed by atoms with Crippen LogP contribution in [-0.4, -0.2) is 92.6 Å². The SMILES string of the molecule is CNC1Cc2c(cccc2CO)C#CCCC23CC4C#CCC(Cc5ccccc5)C5CC6CCOC7C8CCC(C(C)C9CCCC9)CC9C(O)C(O)(C4C(C=O)(CC67C5)C89O)C2(O)CC2CC1C1OC(=O)C=C1C23. The molecule has 404 valence electrons. The first-order valence-electron chi connectivity index (χ1n) is 30.0. The number of esters is 1. The van der Waals surface area contributed by atoms with Crippen molar-refractivity contribution in [3.63, 3.8) is 0 Å². The average molecular weight is 1030 g/mol. The predicted molar refractivity (Wildman–Crippen MR) is 285 cm³/mol. The molecule has 2 aromatic carbocycles. The number of hydrogen-bond donors (Lipinski definition) is 6. The zero-order valence-corrected chi connectivity index (χ0v) is 44.8. The zero-order chi connectivity index (χ0) is 52.1. The Balaban J connectivity index is 1.01. The van der Waals surface area contributed by atoms with Gasteiger partial charge in [0.25, 0.3) is 0 Å². The van der Waals surface area contributed by atoms with Crippen LogP contribution in [0.1, 0.15) is 138 Å². The van der Waals surface area contributed by atoms with Crippen molar-refractivity contribution in [2.24, 2.45) is 93.2 Å². The Kier molecular flexibility index (Phi) is 12.0. The summed E-state index contributed by atoms with van der Waals surface area (Å²) < 4.78 is 13.7. The van der Waals surface area contributed by atoms with E-state index in [0.29, 0.717) is 82.1 Å². The monoisotopic (exact) mass is 1030 g/mol. The van der Waals surface area contributed by atoms with Gasteiger partial charge >= 0.3 is 5.97 Å². The number of fused-ring (bicyclic) bond motifs is 6. The van der Waals surface area contributed by atoms with Crippen molar-refractivity contribution in [3.05, 3.63) is 82.4 Å². The molecule has 9 fully saturated rings. The Bertz CT molecular complexity index is 2820. The number of aldehydes is 1. The van der Waals surface area contributed by atoms with Crippen LogP contribution in [0.25, 0.3) is 0 Å². The number of ether oxygens (including phenoxy) is 2. The third-order valence-electron chi connectivity index (χ3n) is 25.2. The summed E-state index contributed by atoms with van der Waals surface area (Å²) in [7, 11) is 1.93. The number of hydrogen-bond acceptors (Lipinski definition) is 10. The number of rotatable bonds is 7. The van der Waals surface area contributed by atoms with Crippen LogP contribution in [-0.2, 0) is 38.5 Å². The van der Waals surface area contributed by atoms with Gasteiger partial charge in [-0.25, -0.2) is 4.79 Å². The molecular weight excluding hydrogens is 951 g/mol. The van der Waals surface area contributed by atoms with Crippen molar-refractivity contribution < 1.29 is 44.6 Å². The lowest BCUT2D eigenvalue weighted by molar-refractivity contribution is -0.395. The molecule has 11 aliphatic carbocycles. The molecule has 0 aromatic heterocycles. The molecule has 0 radical (unpaired) electrons. The van der Waals surface area contributed by atoms with Crippen LogP contribution in [0, 0.1) is 117 Å². The molecule has 1 saturated heterocycles. The standard InChI is InChI=1S/C66H81NO9/c1-38(40-14-6-7-15-40)42-21-22-52-60-61-32-46(27-48(61)23-25-75-60)43(26-39-12-4-3-5-13-39)18-11-19-44-33-62-24-9-8-16-41-17-10-20-45(35-68)49(41)30-54(67-2)50-28-47(56(62)51-31-55(70)76-57(50)51)34-64(62,72)66(74)58(44)63(36-61,37-69)65(52,73)53(29-42)59(66)71/h3-5,10,12-13,17,20,31,37-38,40,42-44,46-48,50,52-54,56-60,67-68,71-74H,6-7,9,14-15,18,21-30,32-36H2,1-2H3. The lowest BCUT2D eigenvalue weighted by atomic mass is 9.31. The molecule has 6 N–H and O–H groups in total. The van der Waals surface area contributed by atoms with E-state index in [1.165, 1.54) is 18.4 Å². The fourth-order valence-electron chi connectivity index (χ4n) is 22.4. The summed E-state index contributed by atoms with van der Waals surface area (Å²) >= 11 is 0. The van der Waals surface area contributed by atoms with Gasteiger partial charge in [-0.1, -0.05) is 92.8 Å². The minimum atomic E-state index is -2.30. The van der Waals surface area contributed by atoms with E-state index in [0.717, 1.165) is 73.5 Å². The number of carbonyl (C=O) groups is 2. The lowest BCUT2D eigenvalue weighted by Gasteiger charge is -2.76. The van der Waals surface area contributed by atoms with E-state index in [9.17, 15) is 20.1 Å². The molecule has 7 bridgehead atoms. The number of likely N-dealkylation sites (N-methyl/N-ethyl adjacent to an activating group) is 1. The van der Waals surface area contributed by atoms with Crippen molar-refractivity contribution in [1.29, 1.82) is 0 Å². The highest BCUT2D eigenvalue weighted by molar-refractivity contribution is 5.86. The molecule has 2 aromatic rings. The first-order valence-corrected chi connectivity index (χ1v) is 30.0. The molecule has 10 heteroatoms. The van der Waals surface area contributed by atoms with E-state index >= 15 is 15.0 Å². The van der Waals surface area contributed by atoms with E-state index in [-0.39, 0.29) is 54.8 Å². The smallest absolute Gasteiger partial charge is 0.331 e. The van der Waals surface area contributed by atoms with Crippen LogP contribution in [0.3, 0.4) is 0 Å². The first-order chi connectivity index (χ1) is 36.8. The maximum Gasteiger partial charge on any atom is 0.331 e. The summed E-state index contributed by atoms with van der Waals surface area (Å²) in [4.78, 5) is 29.6. The zero-order valence-electron chi connectivity index (χ0n) is 44.8. The summed E-state index contributed by atoms with van der Waals surface area (Å²) in [6, 6.07) is 16.4. The second-order valence-electron chi connectivity index (χ2n) is 27.5. The maximum atomic E-state index is 15.6. The number of carbonyl (C=O) groups excluding carboxylic acids is 2. The molecule has 2 spiro atoms. The molecule has 13 aliphatic rings. The molecule has 22 atom stereocenters. The highest BCUT2D eigenvalue weighted by Crippen LogP contribution is 2.81. The summed E-state index contributed by atoms with van der Waals surface area (Å²) in [6.45, 7) is 2.84. The van der Waals surface area contributed by atoms with E-state index < -0.39 is 80.8 Å². The molecule has 2 heterocycles. The van der Waals surface area contributed by atoms with Crippen LogP contribution in [0.15, 0.2) is 60.2 Å². The number of aliphatic hydroxyl groups is 5. The maximum absolute atomic E-state index is 15.6. The largest absolute Gasteiger partial charge is 0.454 e. The minimum absolute atomic E-state index is 0.120. The average Bonchev–Trinajstić information content (AvgIpc) is 2.20. The quantitative estimate of drug-likeness (QED) is 0.0922. The van der Waals surface area contributed by atoms with Gasteiger partial charge in [-0.05, 0) is 166 Å². The van der Waals surface area contributed by atoms with E-state index in [1.54, 1.807) is 6.08 Å². The van der Waals surface area contributed by atoms with Crippen LogP contribution in [0.5, 0.6) is 0 Å². The molecular formula is C66H81NO9. The van der Waals surface area contributed by atoms with Crippen LogP contribution in [0.2, 0.25) is 0 Å². The molecule has 22 unspecified atom stereocenters. The minimum Gasteiger partial charge on any atom is -0.454 e. The summed E-state index contributed by atoms with van der Waals surface area (Å²) in [6.07, 6.45) is 13.7. The van der Waals surface area contributed by atoms with Gasteiger partial charge in [-0.2, -0.15) is 0 Å².